The number of nitrogens with zero attached hydrogens (tertiary/aromatic N) is 2. The highest BCUT2D eigenvalue weighted by Gasteiger charge is 2.23. The van der Waals surface area contributed by atoms with Gasteiger partial charge < -0.3 is 9.47 Å². The Labute approximate surface area is 185 Å². The lowest BCUT2D eigenvalue weighted by atomic mass is 9.99. The lowest BCUT2D eigenvalue weighted by molar-refractivity contribution is 0.101. The Bertz CT molecular complexity index is 1030. The fourth-order valence-corrected chi connectivity index (χ4v) is 4.81. The molecule has 3 rings (SSSR count). The topological polar surface area (TPSA) is 25.2 Å². The number of benzene rings is 1. The van der Waals surface area contributed by atoms with Crippen molar-refractivity contribution >= 4 is 29.0 Å². The number of aromatic nitrogens is 1. The molecule has 0 bridgehead atoms. The number of ketones is 1. The first-order chi connectivity index (χ1) is 14.4. The summed E-state index contributed by atoms with van der Waals surface area (Å²) in [5, 5.41) is 3.03. The Morgan fingerprint density at radius 3 is 2.67 bits per heavy atom. The molecule has 2 heterocycles. The van der Waals surface area contributed by atoms with E-state index in [0.717, 1.165) is 60.2 Å². The maximum atomic E-state index is 12.1. The summed E-state index contributed by atoms with van der Waals surface area (Å²) in [6, 6.07) is 8.20. The predicted molar refractivity (Wildman–Crippen MR) is 127 cm³/mol. The van der Waals surface area contributed by atoms with Crippen molar-refractivity contribution in [2.75, 3.05) is 19.6 Å². The minimum absolute atomic E-state index is 0.103. The van der Waals surface area contributed by atoms with Crippen molar-refractivity contribution in [1.29, 1.82) is 0 Å². The zero-order chi connectivity index (χ0) is 21.7. The third-order valence-corrected chi connectivity index (χ3v) is 6.33. The Hall–Kier alpha value is -2.10. The molecule has 2 aromatic rings. The van der Waals surface area contributed by atoms with Crippen LogP contribution in [-0.2, 0) is 13.0 Å². The highest BCUT2D eigenvalue weighted by molar-refractivity contribution is 6.31. The minimum Gasteiger partial charge on any atom is -0.347 e. The van der Waals surface area contributed by atoms with Gasteiger partial charge in [0.05, 0.1) is 0 Å². The highest BCUT2D eigenvalue weighted by atomic mass is 35.5. The van der Waals surface area contributed by atoms with E-state index in [1.165, 1.54) is 17.6 Å². The molecule has 1 aromatic heterocycles. The third-order valence-electron chi connectivity index (χ3n) is 5.96. The van der Waals surface area contributed by atoms with Gasteiger partial charge in [-0.05, 0) is 70.7 Å². The van der Waals surface area contributed by atoms with Crippen LogP contribution in [0.2, 0.25) is 5.02 Å². The lowest BCUT2D eigenvalue weighted by Crippen LogP contribution is -2.33. The van der Waals surface area contributed by atoms with Crippen molar-refractivity contribution in [3.63, 3.8) is 0 Å². The second-order valence-corrected chi connectivity index (χ2v) is 8.97. The largest absolute Gasteiger partial charge is 0.347 e. The first kappa shape index (κ1) is 22.6. The van der Waals surface area contributed by atoms with E-state index in [-0.39, 0.29) is 5.78 Å². The number of rotatable bonds is 8. The number of carbonyl (C=O) groups is 1. The summed E-state index contributed by atoms with van der Waals surface area (Å²) >= 11 is 6.34. The molecule has 1 unspecified atom stereocenters. The number of halogens is 1. The molecule has 0 radical (unpaired) electrons. The van der Waals surface area contributed by atoms with Crippen LogP contribution in [0.25, 0.3) is 11.6 Å². The van der Waals surface area contributed by atoms with Crippen molar-refractivity contribution in [1.82, 2.24) is 9.47 Å². The summed E-state index contributed by atoms with van der Waals surface area (Å²) in [5.41, 5.74) is 3.27. The number of likely N-dealkylation sites (tertiary alicyclic amines) is 1. The summed E-state index contributed by atoms with van der Waals surface area (Å²) in [4.78, 5) is 14.7. The molecule has 1 aromatic carbocycles. The van der Waals surface area contributed by atoms with E-state index in [1.54, 1.807) is 13.0 Å². The molecule has 160 valence electrons. The van der Waals surface area contributed by atoms with Crippen LogP contribution in [-0.4, -0.2) is 34.9 Å². The number of hydrogen-bond acceptors (Lipinski definition) is 2. The van der Waals surface area contributed by atoms with Gasteiger partial charge in [0, 0.05) is 40.4 Å². The number of carbonyl (C=O) groups excluding carboxylic acids is 1. The Kier molecular flexibility index (Phi) is 7.74. The van der Waals surface area contributed by atoms with Gasteiger partial charge in [0.15, 0.2) is 5.78 Å². The fourth-order valence-electron chi connectivity index (χ4n) is 4.59. The maximum absolute atomic E-state index is 12.1. The van der Waals surface area contributed by atoms with Crippen LogP contribution in [0.5, 0.6) is 0 Å². The molecule has 0 aliphatic carbocycles. The summed E-state index contributed by atoms with van der Waals surface area (Å²) < 4.78 is 2.25. The zero-order valence-corrected chi connectivity index (χ0v) is 19.2. The summed E-state index contributed by atoms with van der Waals surface area (Å²) in [6.07, 6.45) is 9.10. The van der Waals surface area contributed by atoms with Crippen LogP contribution in [0.3, 0.4) is 0 Å². The molecule has 0 saturated carbocycles. The lowest BCUT2D eigenvalue weighted by Gasteiger charge is -2.17. The standard InChI is InChI=1S/C26H33ClN2O/c1-5-9-23-24(20(4)30)18-29(26(23)19(2)3)14-8-13-28-15-12-21(17-28)16-22-10-6-7-11-25(22)27/h5-7,9-11,18,21H,1,8,12-17H2,2-4H3/b23-9-. The fraction of sp³-hybridized carbons (Fsp3) is 0.423. The number of hydrogen-bond donors (Lipinski definition) is 0. The van der Waals surface area contributed by atoms with Crippen LogP contribution >= 0.6 is 11.6 Å². The molecular formula is C26H33ClN2O. The van der Waals surface area contributed by atoms with E-state index in [2.05, 4.69) is 42.0 Å². The van der Waals surface area contributed by atoms with E-state index in [9.17, 15) is 4.79 Å². The van der Waals surface area contributed by atoms with E-state index in [1.807, 2.05) is 24.4 Å². The molecule has 0 N–H and O–H groups in total. The van der Waals surface area contributed by atoms with Gasteiger partial charge in [-0.3, -0.25) is 4.79 Å². The van der Waals surface area contributed by atoms with E-state index < -0.39 is 0 Å². The van der Waals surface area contributed by atoms with Crippen LogP contribution in [0.1, 0.15) is 49.5 Å². The average molecular weight is 425 g/mol. The van der Waals surface area contributed by atoms with Crippen LogP contribution < -0.4 is 10.6 Å². The van der Waals surface area contributed by atoms with Gasteiger partial charge in [0.25, 0.3) is 0 Å². The predicted octanol–water partition coefficient (Wildman–Crippen LogP) is 4.46. The molecule has 1 fully saturated rings. The molecule has 1 saturated heterocycles. The number of Topliss-reactive ketones (excluding diaryl/α,β-unsaturated/α-hetero) is 1. The first-order valence-corrected chi connectivity index (χ1v) is 11.2. The molecule has 4 heteroatoms. The smallest absolute Gasteiger partial charge is 0.161 e. The van der Waals surface area contributed by atoms with Gasteiger partial charge in [-0.15, -0.1) is 0 Å². The van der Waals surface area contributed by atoms with E-state index in [0.29, 0.717) is 5.92 Å². The molecule has 1 aliphatic rings. The monoisotopic (exact) mass is 424 g/mol. The molecule has 1 atom stereocenters. The van der Waals surface area contributed by atoms with Gasteiger partial charge >= 0.3 is 0 Å². The average Bonchev–Trinajstić information content (AvgIpc) is 3.29. The van der Waals surface area contributed by atoms with Crippen molar-refractivity contribution in [3.05, 3.63) is 69.8 Å². The van der Waals surface area contributed by atoms with Crippen LogP contribution in [0.4, 0.5) is 0 Å². The molecule has 0 spiro atoms. The van der Waals surface area contributed by atoms with Gasteiger partial charge in [-0.1, -0.05) is 54.1 Å². The third kappa shape index (κ3) is 5.33. The molecule has 0 amide bonds. The van der Waals surface area contributed by atoms with Crippen molar-refractivity contribution in [3.8, 4) is 0 Å². The van der Waals surface area contributed by atoms with Crippen molar-refractivity contribution < 1.29 is 4.79 Å². The summed E-state index contributed by atoms with van der Waals surface area (Å²) in [6.45, 7) is 14.0. The summed E-state index contributed by atoms with van der Waals surface area (Å²) in [5.74, 6) is 0.780. The first-order valence-electron chi connectivity index (χ1n) is 10.9. The normalized spacial score (nSPS) is 17.5. The molecule has 3 nitrogen and oxygen atoms in total. The van der Waals surface area contributed by atoms with E-state index >= 15 is 0 Å². The van der Waals surface area contributed by atoms with Gasteiger partial charge in [-0.2, -0.15) is 0 Å². The second-order valence-electron chi connectivity index (χ2n) is 8.56. The highest BCUT2D eigenvalue weighted by Crippen LogP contribution is 2.24. The zero-order valence-electron chi connectivity index (χ0n) is 18.5. The van der Waals surface area contributed by atoms with Crippen molar-refractivity contribution in [2.24, 2.45) is 5.92 Å². The maximum Gasteiger partial charge on any atom is 0.161 e. The molecule has 30 heavy (non-hydrogen) atoms. The quantitative estimate of drug-likeness (QED) is 0.584. The van der Waals surface area contributed by atoms with Gasteiger partial charge in [0.2, 0.25) is 0 Å². The summed E-state index contributed by atoms with van der Waals surface area (Å²) in [7, 11) is 0. The Morgan fingerprint density at radius 2 is 2.00 bits per heavy atom. The van der Waals surface area contributed by atoms with Crippen LogP contribution in [0, 0.1) is 5.92 Å². The van der Waals surface area contributed by atoms with Gasteiger partial charge in [-0.25, -0.2) is 0 Å². The second kappa shape index (κ2) is 10.3. The Balaban J connectivity index is 1.62. The SMILES string of the molecule is C=C/C=c1/c(C(C)=O)cn(CCCN2CCC(Cc3ccccc3Cl)C2)c1=C(C)C. The number of aryl methyl sites for hydroxylation is 1. The minimum atomic E-state index is 0.103. The van der Waals surface area contributed by atoms with Crippen LogP contribution in [0.15, 0.2) is 43.1 Å². The van der Waals surface area contributed by atoms with E-state index in [4.69, 9.17) is 11.6 Å². The van der Waals surface area contributed by atoms with Crippen molar-refractivity contribution in [2.45, 2.75) is 46.6 Å². The Morgan fingerprint density at radius 1 is 1.23 bits per heavy atom. The number of allylic oxidation sites excluding steroid dienone is 1. The molecular weight excluding hydrogens is 392 g/mol. The van der Waals surface area contributed by atoms with Gasteiger partial charge in [0.1, 0.15) is 0 Å². The molecule has 1 aliphatic heterocycles.